The van der Waals surface area contributed by atoms with Crippen molar-refractivity contribution in [2.45, 2.75) is 52.6 Å². The maximum atomic E-state index is 13.2. The molecule has 0 spiro atoms. The summed E-state index contributed by atoms with van der Waals surface area (Å²) >= 11 is 7.14. The van der Waals surface area contributed by atoms with Crippen molar-refractivity contribution in [1.82, 2.24) is 19.8 Å². The van der Waals surface area contributed by atoms with Gasteiger partial charge in [0.05, 0.1) is 0 Å². The van der Waals surface area contributed by atoms with Crippen LogP contribution in [0.1, 0.15) is 63.1 Å². The van der Waals surface area contributed by atoms with E-state index in [9.17, 15) is 9.59 Å². The molecule has 152 valence electrons. The quantitative estimate of drug-likeness (QED) is 0.720. The molecule has 8 heteroatoms. The number of rotatable bonds is 7. The predicted octanol–water partition coefficient (Wildman–Crippen LogP) is 4.34. The van der Waals surface area contributed by atoms with Crippen LogP contribution in [0.4, 0.5) is 0 Å². The van der Waals surface area contributed by atoms with Crippen molar-refractivity contribution < 1.29 is 9.59 Å². The van der Waals surface area contributed by atoms with E-state index in [2.05, 4.69) is 28.8 Å². The highest BCUT2D eigenvalue weighted by Crippen LogP contribution is 2.26. The summed E-state index contributed by atoms with van der Waals surface area (Å²) in [6.45, 7) is 10.3. The second-order valence-corrected chi connectivity index (χ2v) is 9.21. The standard InChI is InChI=1S/C20H27ClN4O2S/c1-13(2)10-11-25(19(27)16-12-28-24-23-16)17(18(26)22-20(3,4)5)14-6-8-15(21)9-7-14/h6-9,12-13,17H,10-11H2,1-5H3,(H,22,26)/t17-/m0/s1. The Balaban J connectivity index is 2.47. The van der Waals surface area contributed by atoms with Crippen LogP contribution in [-0.2, 0) is 4.79 Å². The molecule has 6 nitrogen and oxygen atoms in total. The Kier molecular flexibility index (Phi) is 7.55. The van der Waals surface area contributed by atoms with E-state index in [1.165, 1.54) is 0 Å². The summed E-state index contributed by atoms with van der Waals surface area (Å²) in [5, 5.41) is 9.09. The molecule has 1 heterocycles. The van der Waals surface area contributed by atoms with Crippen molar-refractivity contribution in [3.8, 4) is 0 Å². The Morgan fingerprint density at radius 1 is 1.21 bits per heavy atom. The van der Waals surface area contributed by atoms with Crippen molar-refractivity contribution in [2.75, 3.05) is 6.54 Å². The average Bonchev–Trinajstić information content (AvgIpc) is 3.12. The van der Waals surface area contributed by atoms with Gasteiger partial charge in [0.1, 0.15) is 6.04 Å². The molecule has 0 aliphatic carbocycles. The Morgan fingerprint density at radius 2 is 1.86 bits per heavy atom. The first kappa shape index (κ1) is 22.3. The zero-order chi connectivity index (χ0) is 20.9. The topological polar surface area (TPSA) is 75.2 Å². The van der Waals surface area contributed by atoms with Crippen molar-refractivity contribution >= 4 is 34.9 Å². The van der Waals surface area contributed by atoms with Gasteiger partial charge in [0, 0.05) is 22.5 Å². The maximum absolute atomic E-state index is 13.2. The number of nitrogens with one attached hydrogen (secondary N) is 1. The minimum Gasteiger partial charge on any atom is -0.349 e. The molecule has 1 aromatic carbocycles. The van der Waals surface area contributed by atoms with E-state index < -0.39 is 11.6 Å². The summed E-state index contributed by atoms with van der Waals surface area (Å²) < 4.78 is 3.79. The number of hydrogen-bond acceptors (Lipinski definition) is 5. The molecule has 0 unspecified atom stereocenters. The number of amides is 2. The largest absolute Gasteiger partial charge is 0.349 e. The SMILES string of the molecule is CC(C)CCN(C(=O)c1csnn1)[C@H](C(=O)NC(C)(C)C)c1ccc(Cl)cc1. The van der Waals surface area contributed by atoms with Gasteiger partial charge in [-0.2, -0.15) is 0 Å². The normalized spacial score (nSPS) is 12.7. The molecular formula is C20H27ClN4O2S. The third-order valence-electron chi connectivity index (χ3n) is 4.03. The van der Waals surface area contributed by atoms with Gasteiger partial charge in [-0.1, -0.05) is 42.1 Å². The Hall–Kier alpha value is -1.99. The number of hydrogen-bond donors (Lipinski definition) is 1. The molecule has 1 atom stereocenters. The van der Waals surface area contributed by atoms with Gasteiger partial charge in [0.15, 0.2) is 5.69 Å². The molecule has 2 aromatic rings. The molecule has 0 aliphatic rings. The van der Waals surface area contributed by atoms with Gasteiger partial charge in [0.2, 0.25) is 5.91 Å². The lowest BCUT2D eigenvalue weighted by Gasteiger charge is -2.33. The van der Waals surface area contributed by atoms with Crippen LogP contribution >= 0.6 is 23.1 Å². The first-order valence-electron chi connectivity index (χ1n) is 9.24. The Bertz CT molecular complexity index is 786. The highest BCUT2D eigenvalue weighted by Gasteiger charge is 2.34. The van der Waals surface area contributed by atoms with E-state index in [1.807, 2.05) is 20.8 Å². The smallest absolute Gasteiger partial charge is 0.276 e. The molecule has 0 saturated carbocycles. The fraction of sp³-hybridized carbons (Fsp3) is 0.500. The van der Waals surface area contributed by atoms with Crippen molar-refractivity contribution in [1.29, 1.82) is 0 Å². The molecular weight excluding hydrogens is 396 g/mol. The lowest BCUT2D eigenvalue weighted by Crippen LogP contribution is -2.49. The molecule has 2 rings (SSSR count). The fourth-order valence-corrected chi connectivity index (χ4v) is 3.26. The van der Waals surface area contributed by atoms with E-state index in [0.29, 0.717) is 23.0 Å². The van der Waals surface area contributed by atoms with Crippen molar-refractivity contribution in [2.24, 2.45) is 5.92 Å². The van der Waals surface area contributed by atoms with Gasteiger partial charge in [-0.3, -0.25) is 9.59 Å². The number of nitrogens with zero attached hydrogens (tertiary/aromatic N) is 3. The highest BCUT2D eigenvalue weighted by atomic mass is 35.5. The number of halogens is 1. The summed E-state index contributed by atoms with van der Waals surface area (Å²) in [5.41, 5.74) is 0.513. The molecule has 1 aromatic heterocycles. The van der Waals surface area contributed by atoms with Crippen LogP contribution < -0.4 is 5.32 Å². The molecule has 1 N–H and O–H groups in total. The van der Waals surface area contributed by atoms with Crippen LogP contribution in [0.15, 0.2) is 29.6 Å². The second-order valence-electron chi connectivity index (χ2n) is 8.16. The minimum atomic E-state index is -0.788. The molecule has 0 bridgehead atoms. The van der Waals surface area contributed by atoms with Crippen LogP contribution in [0.2, 0.25) is 5.02 Å². The zero-order valence-corrected chi connectivity index (χ0v) is 18.5. The molecule has 0 fully saturated rings. The predicted molar refractivity (Wildman–Crippen MR) is 112 cm³/mol. The average molecular weight is 423 g/mol. The Morgan fingerprint density at radius 3 is 2.36 bits per heavy atom. The zero-order valence-electron chi connectivity index (χ0n) is 16.9. The van der Waals surface area contributed by atoms with Crippen molar-refractivity contribution in [3.63, 3.8) is 0 Å². The maximum Gasteiger partial charge on any atom is 0.276 e. The molecule has 0 saturated heterocycles. The van der Waals surface area contributed by atoms with Crippen LogP contribution in [0, 0.1) is 5.92 Å². The van der Waals surface area contributed by atoms with E-state index in [0.717, 1.165) is 18.0 Å². The Labute approximate surface area is 175 Å². The van der Waals surface area contributed by atoms with Crippen LogP contribution in [0.3, 0.4) is 0 Å². The first-order chi connectivity index (χ1) is 13.1. The first-order valence-corrected chi connectivity index (χ1v) is 10.5. The van der Waals surface area contributed by atoms with Crippen LogP contribution in [0.25, 0.3) is 0 Å². The summed E-state index contributed by atoms with van der Waals surface area (Å²) in [6, 6.07) is 6.23. The highest BCUT2D eigenvalue weighted by molar-refractivity contribution is 7.03. The molecule has 0 radical (unpaired) electrons. The molecule has 0 aliphatic heterocycles. The van der Waals surface area contributed by atoms with Crippen LogP contribution in [0.5, 0.6) is 0 Å². The second kappa shape index (κ2) is 9.47. The lowest BCUT2D eigenvalue weighted by atomic mass is 10.00. The summed E-state index contributed by atoms with van der Waals surface area (Å²) in [5.74, 6) is -0.172. The van der Waals surface area contributed by atoms with E-state index >= 15 is 0 Å². The van der Waals surface area contributed by atoms with E-state index in [-0.39, 0.29) is 17.5 Å². The molecule has 28 heavy (non-hydrogen) atoms. The van der Waals surface area contributed by atoms with Gasteiger partial charge in [-0.25, -0.2) is 0 Å². The van der Waals surface area contributed by atoms with E-state index in [1.54, 1.807) is 34.5 Å². The number of carbonyl (C=O) groups is 2. The number of aromatic nitrogens is 2. The van der Waals surface area contributed by atoms with Gasteiger partial charge >= 0.3 is 0 Å². The van der Waals surface area contributed by atoms with Gasteiger partial charge in [-0.05, 0) is 62.3 Å². The van der Waals surface area contributed by atoms with E-state index in [4.69, 9.17) is 11.6 Å². The fourth-order valence-electron chi connectivity index (χ4n) is 2.71. The monoisotopic (exact) mass is 422 g/mol. The van der Waals surface area contributed by atoms with Gasteiger partial charge < -0.3 is 10.2 Å². The minimum absolute atomic E-state index is 0.241. The summed E-state index contributed by atoms with van der Waals surface area (Å²) in [6.07, 6.45) is 0.760. The number of carbonyl (C=O) groups excluding carboxylic acids is 2. The van der Waals surface area contributed by atoms with Crippen molar-refractivity contribution in [3.05, 3.63) is 45.9 Å². The molecule has 2 amide bonds. The third-order valence-corrected chi connectivity index (χ3v) is 4.79. The third kappa shape index (κ3) is 6.27. The summed E-state index contributed by atoms with van der Waals surface area (Å²) in [4.78, 5) is 28.0. The lowest BCUT2D eigenvalue weighted by molar-refractivity contribution is -0.127. The van der Waals surface area contributed by atoms with Crippen LogP contribution in [-0.4, -0.2) is 38.4 Å². The number of benzene rings is 1. The summed E-state index contributed by atoms with van der Waals surface area (Å²) in [7, 11) is 0. The van der Waals surface area contributed by atoms with Gasteiger partial charge in [-0.15, -0.1) is 5.10 Å². The van der Waals surface area contributed by atoms with Gasteiger partial charge in [0.25, 0.3) is 5.91 Å².